The Morgan fingerprint density at radius 1 is 0.971 bits per heavy atom. The molecule has 0 atom stereocenters. The monoisotopic (exact) mass is 481 g/mol. The van der Waals surface area contributed by atoms with Gasteiger partial charge in [-0.15, -0.1) is 0 Å². The molecule has 1 aliphatic heterocycles. The molecule has 1 N–H and O–H groups in total. The van der Waals surface area contributed by atoms with E-state index in [0.717, 1.165) is 29.5 Å². The van der Waals surface area contributed by atoms with Gasteiger partial charge in [-0.2, -0.15) is 13.2 Å². The zero-order chi connectivity index (χ0) is 24.1. The van der Waals surface area contributed by atoms with E-state index in [1.165, 1.54) is 17.0 Å². The molecule has 0 spiro atoms. The summed E-state index contributed by atoms with van der Waals surface area (Å²) in [5, 5.41) is 2.77. The van der Waals surface area contributed by atoms with Crippen LogP contribution in [0.25, 0.3) is 6.08 Å². The summed E-state index contributed by atoms with van der Waals surface area (Å²) in [7, 11) is 0. The minimum atomic E-state index is -4.51. The normalized spacial score (nSPS) is 14.9. The number of amidine groups is 1. The number of nitrogens with zero attached hydrogens (tertiary/aromatic N) is 2. The first-order valence-electron chi connectivity index (χ1n) is 10.2. The van der Waals surface area contributed by atoms with E-state index in [2.05, 4.69) is 10.3 Å². The van der Waals surface area contributed by atoms with Crippen molar-refractivity contribution in [3.8, 4) is 0 Å². The maximum Gasteiger partial charge on any atom is 0.416 e. The van der Waals surface area contributed by atoms with E-state index < -0.39 is 17.6 Å². The molecule has 3 aromatic carbocycles. The molecule has 0 unspecified atom stereocenters. The Bertz CT molecular complexity index is 1260. The molecule has 3 aromatic rings. The summed E-state index contributed by atoms with van der Waals surface area (Å²) in [5.74, 6) is -1.01. The summed E-state index contributed by atoms with van der Waals surface area (Å²) < 4.78 is 38.7. The third kappa shape index (κ3) is 5.55. The largest absolute Gasteiger partial charge is 0.416 e. The molecule has 0 bridgehead atoms. The lowest BCUT2D eigenvalue weighted by atomic mass is 10.2. The molecule has 2 amide bonds. The first-order chi connectivity index (χ1) is 16.3. The molecule has 172 valence electrons. The highest BCUT2D eigenvalue weighted by atomic mass is 32.2. The van der Waals surface area contributed by atoms with Crippen LogP contribution < -0.4 is 10.2 Å². The number of benzene rings is 3. The number of carbonyl (C=O) groups excluding carboxylic acids is 2. The molecule has 9 heteroatoms. The van der Waals surface area contributed by atoms with E-state index >= 15 is 0 Å². The van der Waals surface area contributed by atoms with Crippen LogP contribution in [0.5, 0.6) is 0 Å². The standard InChI is InChI=1S/C25H18F3N3O2S/c26-25(27,28)18-10-7-11-19(15-18)29-22(32)16-34-24-30-21(14-17-8-3-1-4-9-17)23(33)31(24)20-12-5-2-6-13-20/h1-15H,16H2,(H,29,32). The van der Waals surface area contributed by atoms with E-state index in [9.17, 15) is 22.8 Å². The van der Waals surface area contributed by atoms with Crippen molar-refractivity contribution in [3.63, 3.8) is 0 Å². The molecule has 0 aliphatic carbocycles. The lowest BCUT2D eigenvalue weighted by Gasteiger charge is -2.17. The van der Waals surface area contributed by atoms with Crippen LogP contribution in [0.1, 0.15) is 11.1 Å². The second-order valence-electron chi connectivity index (χ2n) is 7.23. The molecule has 5 nitrogen and oxygen atoms in total. The Balaban J connectivity index is 1.52. The van der Waals surface area contributed by atoms with Crippen molar-refractivity contribution in [3.05, 3.63) is 102 Å². The maximum atomic E-state index is 13.1. The van der Waals surface area contributed by atoms with Crippen LogP contribution in [0.4, 0.5) is 24.5 Å². The lowest BCUT2D eigenvalue weighted by Crippen LogP contribution is -2.31. The summed E-state index contributed by atoms with van der Waals surface area (Å²) in [4.78, 5) is 31.4. The Labute approximate surface area is 198 Å². The van der Waals surface area contributed by atoms with Gasteiger partial charge in [0.25, 0.3) is 5.91 Å². The van der Waals surface area contributed by atoms with E-state index in [1.807, 2.05) is 36.4 Å². The molecule has 4 rings (SSSR count). The second-order valence-corrected chi connectivity index (χ2v) is 8.17. The van der Waals surface area contributed by atoms with Crippen molar-refractivity contribution in [2.24, 2.45) is 4.99 Å². The van der Waals surface area contributed by atoms with Crippen molar-refractivity contribution in [2.45, 2.75) is 6.18 Å². The molecule has 0 saturated heterocycles. The third-order valence-electron chi connectivity index (χ3n) is 4.75. The number of anilines is 2. The molecule has 0 aromatic heterocycles. The SMILES string of the molecule is O=C(CSC1=NC(=Cc2ccccc2)C(=O)N1c1ccccc1)Nc1cccc(C(F)(F)F)c1. The summed E-state index contributed by atoms with van der Waals surface area (Å²) in [6.07, 6.45) is -2.85. The molecule has 34 heavy (non-hydrogen) atoms. The number of amides is 2. The number of nitrogens with one attached hydrogen (secondary N) is 1. The van der Waals surface area contributed by atoms with Gasteiger partial charge in [0, 0.05) is 5.69 Å². The minimum absolute atomic E-state index is 0.0365. The highest BCUT2D eigenvalue weighted by molar-refractivity contribution is 8.14. The van der Waals surface area contributed by atoms with Gasteiger partial charge in [0.15, 0.2) is 5.17 Å². The number of para-hydroxylation sites is 1. The number of halogens is 3. The van der Waals surface area contributed by atoms with Gasteiger partial charge in [0.05, 0.1) is 17.0 Å². The maximum absolute atomic E-state index is 13.1. The van der Waals surface area contributed by atoms with Crippen molar-refractivity contribution in [1.82, 2.24) is 0 Å². The Morgan fingerprint density at radius 2 is 1.65 bits per heavy atom. The highest BCUT2D eigenvalue weighted by Gasteiger charge is 2.33. The number of alkyl halides is 3. The predicted octanol–water partition coefficient (Wildman–Crippen LogP) is 5.82. The quantitative estimate of drug-likeness (QED) is 0.467. The minimum Gasteiger partial charge on any atom is -0.325 e. The summed E-state index contributed by atoms with van der Waals surface area (Å²) in [6, 6.07) is 22.5. The average Bonchev–Trinajstić information content (AvgIpc) is 3.13. The number of hydrogen-bond acceptors (Lipinski definition) is 4. The Hall–Kier alpha value is -3.85. The molecule has 1 aliphatic rings. The summed E-state index contributed by atoms with van der Waals surface area (Å²) in [6.45, 7) is 0. The van der Waals surface area contributed by atoms with Crippen LogP contribution in [0, 0.1) is 0 Å². The van der Waals surface area contributed by atoms with Gasteiger partial charge in [-0.05, 0) is 42.0 Å². The molecule has 0 saturated carbocycles. The zero-order valence-electron chi connectivity index (χ0n) is 17.6. The number of hydrogen-bond donors (Lipinski definition) is 1. The van der Waals surface area contributed by atoms with E-state index in [1.54, 1.807) is 30.3 Å². The molecular weight excluding hydrogens is 463 g/mol. The van der Waals surface area contributed by atoms with Gasteiger partial charge in [0.1, 0.15) is 5.70 Å². The number of rotatable bonds is 5. The first-order valence-corrected chi connectivity index (χ1v) is 11.1. The lowest BCUT2D eigenvalue weighted by molar-refractivity contribution is -0.137. The fraction of sp³-hybridized carbons (Fsp3) is 0.0800. The van der Waals surface area contributed by atoms with Gasteiger partial charge in [-0.25, -0.2) is 4.99 Å². The van der Waals surface area contributed by atoms with Crippen LogP contribution in [0.15, 0.2) is 95.6 Å². The van der Waals surface area contributed by atoms with Crippen molar-refractivity contribution in [1.29, 1.82) is 0 Å². The fourth-order valence-corrected chi connectivity index (χ4v) is 4.02. The van der Waals surface area contributed by atoms with Crippen molar-refractivity contribution >= 4 is 46.2 Å². The fourth-order valence-electron chi connectivity index (χ4n) is 3.21. The van der Waals surface area contributed by atoms with Gasteiger partial charge in [0.2, 0.25) is 5.91 Å². The van der Waals surface area contributed by atoms with Crippen LogP contribution in [0.3, 0.4) is 0 Å². The topological polar surface area (TPSA) is 61.8 Å². The van der Waals surface area contributed by atoms with E-state index in [0.29, 0.717) is 10.9 Å². The highest BCUT2D eigenvalue weighted by Crippen LogP contribution is 2.31. The number of aliphatic imine (C=N–C) groups is 1. The molecule has 0 fully saturated rings. The van der Waals surface area contributed by atoms with Crippen LogP contribution in [0.2, 0.25) is 0 Å². The van der Waals surface area contributed by atoms with Gasteiger partial charge in [-0.1, -0.05) is 66.4 Å². The van der Waals surface area contributed by atoms with E-state index in [4.69, 9.17) is 0 Å². The molecule has 1 heterocycles. The first kappa shape index (κ1) is 23.3. The smallest absolute Gasteiger partial charge is 0.325 e. The third-order valence-corrected chi connectivity index (χ3v) is 5.69. The Morgan fingerprint density at radius 3 is 2.32 bits per heavy atom. The van der Waals surface area contributed by atoms with Crippen molar-refractivity contribution < 1.29 is 22.8 Å². The summed E-state index contributed by atoms with van der Waals surface area (Å²) >= 11 is 1.02. The van der Waals surface area contributed by atoms with Gasteiger partial charge in [-0.3, -0.25) is 14.5 Å². The molecule has 0 radical (unpaired) electrons. The predicted molar refractivity (Wildman–Crippen MR) is 128 cm³/mol. The van der Waals surface area contributed by atoms with Crippen molar-refractivity contribution in [2.75, 3.05) is 16.0 Å². The average molecular weight is 481 g/mol. The molecular formula is C25H18F3N3O2S. The zero-order valence-corrected chi connectivity index (χ0v) is 18.4. The number of carbonyl (C=O) groups is 2. The van der Waals surface area contributed by atoms with Crippen LogP contribution in [-0.2, 0) is 15.8 Å². The van der Waals surface area contributed by atoms with E-state index in [-0.39, 0.29) is 23.0 Å². The summed E-state index contributed by atoms with van der Waals surface area (Å²) in [5.41, 5.74) is 0.796. The number of thioether (sulfide) groups is 1. The Kier molecular flexibility index (Phi) is 6.83. The second kappa shape index (κ2) is 9.96. The van der Waals surface area contributed by atoms with Crippen LogP contribution in [-0.4, -0.2) is 22.7 Å². The van der Waals surface area contributed by atoms with Gasteiger partial charge < -0.3 is 5.32 Å². The van der Waals surface area contributed by atoms with Gasteiger partial charge >= 0.3 is 6.18 Å². The van der Waals surface area contributed by atoms with Crippen LogP contribution >= 0.6 is 11.8 Å².